The molecular weight excluding hydrogens is 288 g/mol. The Labute approximate surface area is 119 Å². The fourth-order valence-corrected chi connectivity index (χ4v) is 3.71. The van der Waals surface area contributed by atoms with E-state index in [1.54, 1.807) is 0 Å². The number of piperidine rings is 1. The van der Waals surface area contributed by atoms with E-state index in [4.69, 9.17) is 0 Å². The molecule has 1 aliphatic heterocycles. The standard InChI is InChI=1S/C15H23BrN2/c1-11-5-6-13(12(16)9-11)18-8-7-14(17-4)15(2,3)10-18/h5-6,9,14,17H,7-8,10H2,1-4H3. The largest absolute Gasteiger partial charge is 0.370 e. The van der Waals surface area contributed by atoms with E-state index in [0.29, 0.717) is 11.5 Å². The van der Waals surface area contributed by atoms with Crippen molar-refractivity contribution in [2.24, 2.45) is 5.41 Å². The smallest absolute Gasteiger partial charge is 0.0511 e. The Kier molecular flexibility index (Phi) is 4.02. The van der Waals surface area contributed by atoms with Crippen molar-refractivity contribution in [2.45, 2.75) is 33.2 Å². The summed E-state index contributed by atoms with van der Waals surface area (Å²) in [6, 6.07) is 7.23. The lowest BCUT2D eigenvalue weighted by molar-refractivity contribution is 0.215. The normalized spacial score (nSPS) is 23.2. The number of rotatable bonds is 2. The SMILES string of the molecule is CNC1CCN(c2ccc(C)cc2Br)CC1(C)C. The van der Waals surface area contributed by atoms with Crippen molar-refractivity contribution in [2.75, 3.05) is 25.0 Å². The summed E-state index contributed by atoms with van der Waals surface area (Å²) in [6.07, 6.45) is 1.20. The quantitative estimate of drug-likeness (QED) is 0.898. The second kappa shape index (κ2) is 5.22. The molecule has 1 aromatic rings. The second-order valence-corrected chi connectivity index (χ2v) is 6.85. The lowest BCUT2D eigenvalue weighted by atomic mass is 9.79. The summed E-state index contributed by atoms with van der Waals surface area (Å²) in [6.45, 7) is 9.05. The minimum atomic E-state index is 0.303. The molecule has 0 aromatic heterocycles. The minimum Gasteiger partial charge on any atom is -0.370 e. The monoisotopic (exact) mass is 310 g/mol. The maximum atomic E-state index is 3.70. The summed E-state index contributed by atoms with van der Waals surface area (Å²) in [5.74, 6) is 0. The number of hydrogen-bond donors (Lipinski definition) is 1. The molecule has 1 N–H and O–H groups in total. The van der Waals surface area contributed by atoms with Crippen LogP contribution >= 0.6 is 15.9 Å². The fraction of sp³-hybridized carbons (Fsp3) is 0.600. The van der Waals surface area contributed by atoms with Crippen LogP contribution in [-0.4, -0.2) is 26.2 Å². The highest BCUT2D eigenvalue weighted by atomic mass is 79.9. The van der Waals surface area contributed by atoms with Gasteiger partial charge in [0.25, 0.3) is 0 Å². The third-order valence-electron chi connectivity index (χ3n) is 4.02. The third-order valence-corrected chi connectivity index (χ3v) is 4.66. The topological polar surface area (TPSA) is 15.3 Å². The zero-order chi connectivity index (χ0) is 13.3. The van der Waals surface area contributed by atoms with Gasteiger partial charge >= 0.3 is 0 Å². The number of hydrogen-bond acceptors (Lipinski definition) is 2. The maximum Gasteiger partial charge on any atom is 0.0511 e. The van der Waals surface area contributed by atoms with Crippen LogP contribution in [0.2, 0.25) is 0 Å². The van der Waals surface area contributed by atoms with Crippen LogP contribution in [0.1, 0.15) is 25.8 Å². The first-order valence-corrected chi connectivity index (χ1v) is 7.42. The molecule has 1 heterocycles. The van der Waals surface area contributed by atoms with E-state index >= 15 is 0 Å². The average Bonchev–Trinajstić information content (AvgIpc) is 2.27. The Morgan fingerprint density at radius 1 is 1.39 bits per heavy atom. The van der Waals surface area contributed by atoms with Crippen LogP contribution in [0, 0.1) is 12.3 Å². The molecule has 1 atom stereocenters. The summed E-state index contributed by atoms with van der Waals surface area (Å²) >= 11 is 3.70. The highest BCUT2D eigenvalue weighted by molar-refractivity contribution is 9.10. The molecule has 1 saturated heterocycles. The maximum absolute atomic E-state index is 3.70. The predicted molar refractivity (Wildman–Crippen MR) is 82.3 cm³/mol. The molecule has 2 nitrogen and oxygen atoms in total. The molecule has 0 amide bonds. The number of halogens is 1. The Morgan fingerprint density at radius 3 is 2.67 bits per heavy atom. The lowest BCUT2D eigenvalue weighted by Gasteiger charge is -2.45. The van der Waals surface area contributed by atoms with Crippen molar-refractivity contribution >= 4 is 21.6 Å². The van der Waals surface area contributed by atoms with E-state index in [1.165, 1.54) is 22.1 Å². The minimum absolute atomic E-state index is 0.303. The van der Waals surface area contributed by atoms with Gasteiger partial charge in [0.1, 0.15) is 0 Å². The first kappa shape index (κ1) is 13.9. The number of anilines is 1. The van der Waals surface area contributed by atoms with Crippen molar-refractivity contribution in [3.63, 3.8) is 0 Å². The van der Waals surface area contributed by atoms with Gasteiger partial charge in [-0.3, -0.25) is 0 Å². The molecule has 3 heteroatoms. The van der Waals surface area contributed by atoms with E-state index in [0.717, 1.165) is 13.1 Å². The van der Waals surface area contributed by atoms with Crippen molar-refractivity contribution in [1.29, 1.82) is 0 Å². The van der Waals surface area contributed by atoms with Crippen LogP contribution in [0.25, 0.3) is 0 Å². The first-order valence-electron chi connectivity index (χ1n) is 6.62. The van der Waals surface area contributed by atoms with Gasteiger partial charge < -0.3 is 10.2 Å². The van der Waals surface area contributed by atoms with Crippen molar-refractivity contribution in [3.05, 3.63) is 28.2 Å². The van der Waals surface area contributed by atoms with Crippen molar-refractivity contribution in [3.8, 4) is 0 Å². The van der Waals surface area contributed by atoms with Crippen LogP contribution in [0.4, 0.5) is 5.69 Å². The predicted octanol–water partition coefficient (Wildman–Crippen LogP) is 3.58. The number of nitrogens with one attached hydrogen (secondary N) is 1. The zero-order valence-corrected chi connectivity index (χ0v) is 13.3. The van der Waals surface area contributed by atoms with Gasteiger partial charge in [-0.05, 0) is 59.4 Å². The van der Waals surface area contributed by atoms with Crippen LogP contribution in [0.15, 0.2) is 22.7 Å². The molecule has 1 aliphatic rings. The van der Waals surface area contributed by atoms with Crippen LogP contribution in [0.3, 0.4) is 0 Å². The zero-order valence-electron chi connectivity index (χ0n) is 11.8. The average molecular weight is 311 g/mol. The third kappa shape index (κ3) is 2.72. The van der Waals surface area contributed by atoms with Crippen LogP contribution < -0.4 is 10.2 Å². The molecule has 0 spiro atoms. The van der Waals surface area contributed by atoms with E-state index < -0.39 is 0 Å². The highest BCUT2D eigenvalue weighted by Gasteiger charge is 2.35. The van der Waals surface area contributed by atoms with Gasteiger partial charge in [0.05, 0.1) is 5.69 Å². The molecule has 1 fully saturated rings. The van der Waals surface area contributed by atoms with Gasteiger partial charge in [0.15, 0.2) is 0 Å². The Morgan fingerprint density at radius 2 is 2.11 bits per heavy atom. The molecule has 18 heavy (non-hydrogen) atoms. The van der Waals surface area contributed by atoms with Gasteiger partial charge in [-0.15, -0.1) is 0 Å². The Hall–Kier alpha value is -0.540. The molecular formula is C15H23BrN2. The molecule has 0 aliphatic carbocycles. The number of aryl methyl sites for hydroxylation is 1. The summed E-state index contributed by atoms with van der Waals surface area (Å²) < 4.78 is 1.21. The molecule has 0 radical (unpaired) electrons. The van der Waals surface area contributed by atoms with Crippen LogP contribution in [0.5, 0.6) is 0 Å². The van der Waals surface area contributed by atoms with E-state index in [-0.39, 0.29) is 0 Å². The van der Waals surface area contributed by atoms with Crippen LogP contribution in [-0.2, 0) is 0 Å². The van der Waals surface area contributed by atoms with Crippen molar-refractivity contribution < 1.29 is 0 Å². The summed E-state index contributed by atoms with van der Waals surface area (Å²) in [5, 5.41) is 3.45. The van der Waals surface area contributed by atoms with E-state index in [9.17, 15) is 0 Å². The fourth-order valence-electron chi connectivity index (χ4n) is 2.97. The van der Waals surface area contributed by atoms with Crippen molar-refractivity contribution in [1.82, 2.24) is 5.32 Å². The van der Waals surface area contributed by atoms with Gasteiger partial charge in [0, 0.05) is 23.6 Å². The molecule has 2 rings (SSSR count). The van der Waals surface area contributed by atoms with Gasteiger partial charge in [-0.2, -0.15) is 0 Å². The van der Waals surface area contributed by atoms with Gasteiger partial charge in [0.2, 0.25) is 0 Å². The van der Waals surface area contributed by atoms with E-state index in [1.807, 2.05) is 0 Å². The highest BCUT2D eigenvalue weighted by Crippen LogP contribution is 2.35. The Balaban J connectivity index is 2.21. The van der Waals surface area contributed by atoms with Gasteiger partial charge in [-0.1, -0.05) is 19.9 Å². The molecule has 100 valence electrons. The number of benzene rings is 1. The van der Waals surface area contributed by atoms with Gasteiger partial charge in [-0.25, -0.2) is 0 Å². The molecule has 1 aromatic carbocycles. The van der Waals surface area contributed by atoms with E-state index in [2.05, 4.69) is 72.2 Å². The second-order valence-electron chi connectivity index (χ2n) is 5.99. The summed E-state index contributed by atoms with van der Waals surface area (Å²) in [5.41, 5.74) is 2.93. The summed E-state index contributed by atoms with van der Waals surface area (Å²) in [7, 11) is 2.07. The lowest BCUT2D eigenvalue weighted by Crippen LogP contribution is -2.53. The summed E-state index contributed by atoms with van der Waals surface area (Å²) in [4.78, 5) is 2.50. The Bertz CT molecular complexity index is 429. The molecule has 0 bridgehead atoms. The molecule has 0 saturated carbocycles. The molecule has 1 unspecified atom stereocenters. The number of nitrogens with zero attached hydrogens (tertiary/aromatic N) is 1. The first-order chi connectivity index (χ1) is 8.44.